The minimum Gasteiger partial charge on any atom is -0.352 e. The summed E-state index contributed by atoms with van der Waals surface area (Å²) in [4.78, 5) is 29.6. The van der Waals surface area contributed by atoms with Crippen molar-refractivity contribution in [2.75, 3.05) is 10.8 Å². The summed E-state index contributed by atoms with van der Waals surface area (Å²) in [5.74, 6) is -1.36. The van der Waals surface area contributed by atoms with Crippen molar-refractivity contribution in [3.8, 4) is 0 Å². The van der Waals surface area contributed by atoms with E-state index in [1.807, 2.05) is 51.1 Å². The van der Waals surface area contributed by atoms with Gasteiger partial charge < -0.3 is 10.2 Å². The van der Waals surface area contributed by atoms with Crippen LogP contribution in [0.3, 0.4) is 0 Å². The molecule has 4 rings (SSSR count). The quantitative estimate of drug-likeness (QED) is 0.203. The first-order chi connectivity index (χ1) is 21.1. The maximum Gasteiger partial charge on any atom is 0.264 e. The van der Waals surface area contributed by atoms with E-state index in [0.717, 1.165) is 15.4 Å². The minimum atomic E-state index is -4.17. The summed E-state index contributed by atoms with van der Waals surface area (Å²) in [6.07, 6.45) is 0.887. The second kappa shape index (κ2) is 14.8. The maximum absolute atomic E-state index is 14.4. The minimum absolute atomic E-state index is 0.0300. The number of carbonyl (C=O) groups is 2. The van der Waals surface area contributed by atoms with Crippen molar-refractivity contribution in [2.24, 2.45) is 0 Å². The Bertz CT molecular complexity index is 1630. The van der Waals surface area contributed by atoms with Gasteiger partial charge in [-0.2, -0.15) is 0 Å². The van der Waals surface area contributed by atoms with Crippen molar-refractivity contribution in [1.82, 2.24) is 10.2 Å². The number of nitrogens with one attached hydrogen (secondary N) is 1. The highest BCUT2D eigenvalue weighted by molar-refractivity contribution is 7.92. The van der Waals surface area contributed by atoms with Crippen molar-refractivity contribution >= 4 is 27.5 Å². The number of halogens is 1. The SMILES string of the molecule is CCC(C)NC(=O)C(Cc1ccccc1)N(Cc1ccc(F)cc1)C(=O)CN(c1ccccc1)S(=O)(=O)c1ccc(C)cc1. The summed E-state index contributed by atoms with van der Waals surface area (Å²) in [6, 6.07) is 28.8. The van der Waals surface area contributed by atoms with E-state index in [1.165, 1.54) is 29.2 Å². The number of amides is 2. The number of anilines is 1. The van der Waals surface area contributed by atoms with Gasteiger partial charge in [0.1, 0.15) is 18.4 Å². The fourth-order valence-electron chi connectivity index (χ4n) is 4.74. The van der Waals surface area contributed by atoms with Gasteiger partial charge in [0.25, 0.3) is 10.0 Å². The lowest BCUT2D eigenvalue weighted by molar-refractivity contribution is -0.140. The van der Waals surface area contributed by atoms with Gasteiger partial charge in [0.2, 0.25) is 11.8 Å². The average Bonchev–Trinajstić information content (AvgIpc) is 3.03. The van der Waals surface area contributed by atoms with Crippen LogP contribution >= 0.6 is 0 Å². The van der Waals surface area contributed by atoms with E-state index in [-0.39, 0.29) is 29.8 Å². The summed E-state index contributed by atoms with van der Waals surface area (Å²) in [6.45, 7) is 5.11. The number of hydrogen-bond acceptors (Lipinski definition) is 4. The number of carbonyl (C=O) groups excluding carboxylic acids is 2. The Morgan fingerprint density at radius 2 is 1.41 bits per heavy atom. The largest absolute Gasteiger partial charge is 0.352 e. The zero-order valence-corrected chi connectivity index (χ0v) is 26.0. The molecule has 2 unspecified atom stereocenters. The summed E-state index contributed by atoms with van der Waals surface area (Å²) in [5, 5.41) is 3.00. The van der Waals surface area contributed by atoms with Crippen LogP contribution in [-0.4, -0.2) is 43.8 Å². The highest BCUT2D eigenvalue weighted by atomic mass is 32.2. The van der Waals surface area contributed by atoms with Crippen LogP contribution in [0.2, 0.25) is 0 Å². The topological polar surface area (TPSA) is 86.8 Å². The van der Waals surface area contributed by atoms with Crippen LogP contribution in [0.25, 0.3) is 0 Å². The Balaban J connectivity index is 1.78. The molecule has 0 saturated heterocycles. The Morgan fingerprint density at radius 1 is 0.818 bits per heavy atom. The van der Waals surface area contributed by atoms with Gasteiger partial charge in [0.05, 0.1) is 10.6 Å². The third-order valence-corrected chi connectivity index (χ3v) is 9.26. The standard InChI is InChI=1S/C35H38FN3O4S/c1-4-27(3)37-35(41)33(23-28-11-7-5-8-12-28)38(24-29-17-19-30(36)20-18-29)34(40)25-39(31-13-9-6-10-14-31)44(42,43)32-21-15-26(2)16-22-32/h5-22,27,33H,4,23-25H2,1-3H3,(H,37,41). The molecule has 44 heavy (non-hydrogen) atoms. The molecule has 0 fully saturated rings. The summed E-state index contributed by atoms with van der Waals surface area (Å²) < 4.78 is 42.9. The van der Waals surface area contributed by atoms with Gasteiger partial charge in [-0.3, -0.25) is 13.9 Å². The Kier molecular flexibility index (Phi) is 10.9. The fraction of sp³-hybridized carbons (Fsp3) is 0.257. The first-order valence-electron chi connectivity index (χ1n) is 14.6. The van der Waals surface area contributed by atoms with Crippen molar-refractivity contribution < 1.29 is 22.4 Å². The normalized spacial score (nSPS) is 12.6. The predicted octanol–water partition coefficient (Wildman–Crippen LogP) is 5.88. The molecule has 0 heterocycles. The van der Waals surface area contributed by atoms with Crippen LogP contribution in [0.15, 0.2) is 114 Å². The molecule has 0 saturated carbocycles. The third-order valence-electron chi connectivity index (χ3n) is 7.47. The van der Waals surface area contributed by atoms with Crippen LogP contribution in [0, 0.1) is 12.7 Å². The first-order valence-corrected chi connectivity index (χ1v) is 16.0. The van der Waals surface area contributed by atoms with Crippen molar-refractivity contribution in [3.63, 3.8) is 0 Å². The van der Waals surface area contributed by atoms with Gasteiger partial charge in [-0.25, -0.2) is 12.8 Å². The average molecular weight is 616 g/mol. The Hall–Kier alpha value is -4.50. The number of rotatable bonds is 13. The zero-order chi connectivity index (χ0) is 31.7. The zero-order valence-electron chi connectivity index (χ0n) is 25.2. The first kappa shape index (κ1) is 32.4. The highest BCUT2D eigenvalue weighted by Crippen LogP contribution is 2.25. The lowest BCUT2D eigenvalue weighted by Gasteiger charge is -2.34. The molecule has 1 N–H and O–H groups in total. The monoisotopic (exact) mass is 615 g/mol. The van der Waals surface area contributed by atoms with Crippen LogP contribution in [0.4, 0.5) is 10.1 Å². The molecular weight excluding hydrogens is 577 g/mol. The van der Waals surface area contributed by atoms with E-state index < -0.39 is 34.3 Å². The van der Waals surface area contributed by atoms with E-state index in [0.29, 0.717) is 17.7 Å². The molecule has 2 amide bonds. The van der Waals surface area contributed by atoms with E-state index >= 15 is 0 Å². The number of sulfonamides is 1. The molecule has 2 atom stereocenters. The predicted molar refractivity (Wildman–Crippen MR) is 171 cm³/mol. The van der Waals surface area contributed by atoms with Gasteiger partial charge in [0, 0.05) is 19.0 Å². The lowest BCUT2D eigenvalue weighted by atomic mass is 10.0. The van der Waals surface area contributed by atoms with E-state index in [4.69, 9.17) is 0 Å². The van der Waals surface area contributed by atoms with E-state index in [1.54, 1.807) is 54.6 Å². The van der Waals surface area contributed by atoms with Gasteiger partial charge in [-0.05, 0) is 67.8 Å². The molecule has 9 heteroatoms. The van der Waals surface area contributed by atoms with Gasteiger partial charge in [-0.1, -0.05) is 85.3 Å². The maximum atomic E-state index is 14.4. The van der Waals surface area contributed by atoms with E-state index in [2.05, 4.69) is 5.32 Å². The molecule has 7 nitrogen and oxygen atoms in total. The highest BCUT2D eigenvalue weighted by Gasteiger charge is 2.35. The smallest absolute Gasteiger partial charge is 0.264 e. The van der Waals surface area contributed by atoms with Crippen molar-refractivity contribution in [3.05, 3.63) is 132 Å². The summed E-state index contributed by atoms with van der Waals surface area (Å²) >= 11 is 0. The summed E-state index contributed by atoms with van der Waals surface area (Å²) in [5.41, 5.74) is 2.64. The Labute approximate surface area is 259 Å². The van der Waals surface area contributed by atoms with Crippen LogP contribution < -0.4 is 9.62 Å². The Morgan fingerprint density at radius 3 is 2.00 bits per heavy atom. The molecule has 0 radical (unpaired) electrons. The second-order valence-corrected chi connectivity index (χ2v) is 12.7. The molecule has 0 aromatic heterocycles. The number of benzene rings is 4. The summed E-state index contributed by atoms with van der Waals surface area (Å²) in [7, 11) is -4.17. The third kappa shape index (κ3) is 8.32. The second-order valence-electron chi connectivity index (χ2n) is 10.8. The number of para-hydroxylation sites is 1. The van der Waals surface area contributed by atoms with Crippen LogP contribution in [0.1, 0.15) is 37.0 Å². The molecule has 4 aromatic rings. The molecule has 0 aliphatic carbocycles. The van der Waals surface area contributed by atoms with Gasteiger partial charge >= 0.3 is 0 Å². The molecule has 230 valence electrons. The van der Waals surface area contributed by atoms with Crippen molar-refractivity contribution in [1.29, 1.82) is 0 Å². The number of aryl methyl sites for hydroxylation is 1. The number of nitrogens with zero attached hydrogens (tertiary/aromatic N) is 2. The van der Waals surface area contributed by atoms with Gasteiger partial charge in [-0.15, -0.1) is 0 Å². The number of hydrogen-bond donors (Lipinski definition) is 1. The van der Waals surface area contributed by atoms with Crippen LogP contribution in [-0.2, 0) is 32.6 Å². The lowest BCUT2D eigenvalue weighted by Crippen LogP contribution is -2.54. The molecule has 0 aliphatic heterocycles. The van der Waals surface area contributed by atoms with Crippen molar-refractivity contribution in [2.45, 2.75) is 57.1 Å². The molecular formula is C35H38FN3O4S. The fourth-order valence-corrected chi connectivity index (χ4v) is 6.16. The molecule has 0 aliphatic rings. The molecule has 0 bridgehead atoms. The molecule has 4 aromatic carbocycles. The van der Waals surface area contributed by atoms with Gasteiger partial charge in [0.15, 0.2) is 0 Å². The van der Waals surface area contributed by atoms with Crippen LogP contribution in [0.5, 0.6) is 0 Å². The van der Waals surface area contributed by atoms with E-state index in [9.17, 15) is 22.4 Å². The molecule has 0 spiro atoms.